The number of imidazole rings is 1. The van der Waals surface area contributed by atoms with Crippen LogP contribution in [0.1, 0.15) is 24.0 Å². The Bertz CT molecular complexity index is 1290. The van der Waals surface area contributed by atoms with Crippen LogP contribution in [0.4, 0.5) is 5.82 Å². The highest BCUT2D eigenvalue weighted by molar-refractivity contribution is 5.91. The third kappa shape index (κ3) is 3.49. The zero-order valence-electron chi connectivity index (χ0n) is 17.4. The molecule has 0 saturated heterocycles. The Morgan fingerprint density at radius 2 is 1.60 bits per heavy atom. The summed E-state index contributed by atoms with van der Waals surface area (Å²) >= 11 is 0. The molecule has 0 fully saturated rings. The van der Waals surface area contributed by atoms with E-state index in [0.29, 0.717) is 24.0 Å². The Kier molecular flexibility index (Phi) is 4.94. The Morgan fingerprint density at radius 3 is 2.23 bits per heavy atom. The zero-order chi connectivity index (χ0) is 21.4. The van der Waals surface area contributed by atoms with Gasteiger partial charge in [0.15, 0.2) is 0 Å². The molecule has 0 aliphatic rings. The van der Waals surface area contributed by atoms with E-state index in [4.69, 9.17) is 0 Å². The Balaban J connectivity index is 1.66. The predicted molar refractivity (Wildman–Crippen MR) is 114 cm³/mol. The fourth-order valence-corrected chi connectivity index (χ4v) is 3.60. The molecular weight excluding hydrogens is 382 g/mol. The van der Waals surface area contributed by atoms with Gasteiger partial charge in [-0.15, -0.1) is 0 Å². The topological polar surface area (TPSA) is 99.6 Å². The number of hydrogen-bond donors (Lipinski definition) is 1. The monoisotopic (exact) mass is 405 g/mol. The Labute approximate surface area is 173 Å². The molecule has 9 heteroatoms. The number of fused-ring (bicyclic) bond motifs is 1. The van der Waals surface area contributed by atoms with Crippen LogP contribution in [0.25, 0.3) is 17.0 Å². The number of benzene rings is 1. The maximum absolute atomic E-state index is 12.8. The molecule has 154 valence electrons. The number of aromatic nitrogens is 6. The van der Waals surface area contributed by atoms with Crippen molar-refractivity contribution in [3.05, 3.63) is 64.0 Å². The normalized spacial score (nSPS) is 11.2. The van der Waals surface area contributed by atoms with Crippen molar-refractivity contribution in [2.75, 3.05) is 5.32 Å². The van der Waals surface area contributed by atoms with E-state index in [1.165, 1.54) is 9.25 Å². The maximum Gasteiger partial charge on any atom is 0.329 e. The Morgan fingerprint density at radius 1 is 0.967 bits per heavy atom. The molecule has 4 rings (SSSR count). The second kappa shape index (κ2) is 7.58. The van der Waals surface area contributed by atoms with E-state index < -0.39 is 0 Å². The molecular formula is C21H23N7O2. The van der Waals surface area contributed by atoms with Crippen molar-refractivity contribution in [1.82, 2.24) is 28.9 Å². The van der Waals surface area contributed by atoms with Gasteiger partial charge < -0.3 is 5.32 Å². The number of anilines is 1. The number of amides is 1. The van der Waals surface area contributed by atoms with Crippen LogP contribution >= 0.6 is 0 Å². The summed E-state index contributed by atoms with van der Waals surface area (Å²) in [5.41, 5.74) is 3.65. The number of carbonyl (C=O) groups excluding carboxylic acids is 1. The van der Waals surface area contributed by atoms with Gasteiger partial charge in [-0.25, -0.2) is 14.8 Å². The molecule has 1 N–H and O–H groups in total. The van der Waals surface area contributed by atoms with Crippen molar-refractivity contribution in [1.29, 1.82) is 0 Å². The van der Waals surface area contributed by atoms with Gasteiger partial charge in [0.2, 0.25) is 5.91 Å². The van der Waals surface area contributed by atoms with Crippen molar-refractivity contribution in [3.8, 4) is 5.95 Å². The number of hydrogen-bond acceptors (Lipinski definition) is 5. The summed E-state index contributed by atoms with van der Waals surface area (Å²) in [4.78, 5) is 34.5. The fourth-order valence-electron chi connectivity index (χ4n) is 3.60. The first-order valence-electron chi connectivity index (χ1n) is 9.74. The summed E-state index contributed by atoms with van der Waals surface area (Å²) in [6, 6.07) is 11.1. The summed E-state index contributed by atoms with van der Waals surface area (Å²) in [6.45, 7) is 7.91. The van der Waals surface area contributed by atoms with E-state index in [0.717, 1.165) is 22.4 Å². The van der Waals surface area contributed by atoms with Crippen molar-refractivity contribution in [2.45, 2.75) is 40.8 Å². The molecule has 0 saturated carbocycles. The largest absolute Gasteiger partial charge is 0.329 e. The number of carbonyl (C=O) groups is 1. The van der Waals surface area contributed by atoms with Crippen molar-refractivity contribution >= 4 is 22.8 Å². The molecule has 3 aromatic heterocycles. The smallest absolute Gasteiger partial charge is 0.309 e. The average Bonchev–Trinajstić information content (AvgIpc) is 3.18. The Hall–Kier alpha value is -3.75. The molecule has 9 nitrogen and oxygen atoms in total. The van der Waals surface area contributed by atoms with Crippen LogP contribution in [0, 0.1) is 20.8 Å². The van der Waals surface area contributed by atoms with Crippen LogP contribution in [0.15, 0.2) is 41.2 Å². The van der Waals surface area contributed by atoms with Crippen molar-refractivity contribution < 1.29 is 4.79 Å². The third-order valence-corrected chi connectivity index (χ3v) is 4.80. The number of nitrogens with one attached hydrogen (secondary N) is 1. The number of aryl methyl sites for hydroxylation is 4. The summed E-state index contributed by atoms with van der Waals surface area (Å²) in [5.74, 6) is 0.507. The van der Waals surface area contributed by atoms with Gasteiger partial charge in [0.1, 0.15) is 12.4 Å². The van der Waals surface area contributed by atoms with Crippen molar-refractivity contribution in [3.63, 3.8) is 0 Å². The predicted octanol–water partition coefficient (Wildman–Crippen LogP) is 2.36. The molecule has 0 atom stereocenters. The van der Waals surface area contributed by atoms with Crippen LogP contribution in [0.3, 0.4) is 0 Å². The lowest BCUT2D eigenvalue weighted by Gasteiger charge is -2.09. The van der Waals surface area contributed by atoms with E-state index >= 15 is 0 Å². The quantitative estimate of drug-likeness (QED) is 0.549. The molecule has 0 radical (unpaired) electrons. The molecule has 0 aliphatic heterocycles. The van der Waals surface area contributed by atoms with Gasteiger partial charge in [0.25, 0.3) is 5.95 Å². The van der Waals surface area contributed by atoms with Gasteiger partial charge in [0.05, 0.1) is 16.7 Å². The standard InChI is InChI=1S/C21H23N7O2/c1-5-26-16-8-6-7-9-17(16)27(21(26)30)12-19(29)24-18-11-15(4)25-28(18)20-22-13(2)10-14(3)23-20/h6-11H,5,12H2,1-4H3,(H,24,29). The minimum atomic E-state index is -0.332. The summed E-state index contributed by atoms with van der Waals surface area (Å²) in [6.07, 6.45) is 0. The van der Waals surface area contributed by atoms with Gasteiger partial charge in [-0.3, -0.25) is 13.9 Å². The highest BCUT2D eigenvalue weighted by atomic mass is 16.2. The average molecular weight is 405 g/mol. The van der Waals surface area contributed by atoms with E-state index in [1.54, 1.807) is 10.6 Å². The first kappa shape index (κ1) is 19.6. The van der Waals surface area contributed by atoms with Crippen LogP contribution in [-0.2, 0) is 17.9 Å². The SMILES string of the molecule is CCn1c(=O)n(CC(=O)Nc2cc(C)nn2-c2nc(C)cc(C)n2)c2ccccc21. The molecule has 4 aromatic rings. The lowest BCUT2D eigenvalue weighted by molar-refractivity contribution is -0.116. The summed E-state index contributed by atoms with van der Waals surface area (Å²) in [5, 5.41) is 7.26. The van der Waals surface area contributed by atoms with E-state index in [-0.39, 0.29) is 18.1 Å². The molecule has 0 aliphatic carbocycles. The minimum Gasteiger partial charge on any atom is -0.309 e. The highest BCUT2D eigenvalue weighted by Gasteiger charge is 2.17. The number of nitrogens with zero attached hydrogens (tertiary/aromatic N) is 6. The molecule has 1 aromatic carbocycles. The van der Waals surface area contributed by atoms with Crippen LogP contribution in [0.5, 0.6) is 0 Å². The van der Waals surface area contributed by atoms with E-state index in [2.05, 4.69) is 20.4 Å². The highest BCUT2D eigenvalue weighted by Crippen LogP contribution is 2.16. The van der Waals surface area contributed by atoms with Crippen molar-refractivity contribution in [2.24, 2.45) is 0 Å². The maximum atomic E-state index is 12.8. The van der Waals surface area contributed by atoms with Crippen LogP contribution < -0.4 is 11.0 Å². The zero-order valence-corrected chi connectivity index (χ0v) is 17.4. The molecule has 0 spiro atoms. The fraction of sp³-hybridized carbons (Fsp3) is 0.286. The molecule has 0 unspecified atom stereocenters. The molecule has 1 amide bonds. The molecule has 30 heavy (non-hydrogen) atoms. The van der Waals surface area contributed by atoms with E-state index in [1.807, 2.05) is 58.0 Å². The molecule has 0 bridgehead atoms. The van der Waals surface area contributed by atoms with Gasteiger partial charge in [0, 0.05) is 24.0 Å². The first-order chi connectivity index (χ1) is 14.4. The second-order valence-corrected chi connectivity index (χ2v) is 7.18. The number of para-hydroxylation sites is 2. The minimum absolute atomic E-state index is 0.107. The first-order valence-corrected chi connectivity index (χ1v) is 9.74. The second-order valence-electron chi connectivity index (χ2n) is 7.18. The van der Waals surface area contributed by atoms with Crippen LogP contribution in [-0.4, -0.2) is 34.8 Å². The third-order valence-electron chi connectivity index (χ3n) is 4.80. The lowest BCUT2D eigenvalue weighted by Crippen LogP contribution is -2.29. The summed E-state index contributed by atoms with van der Waals surface area (Å²) < 4.78 is 4.64. The van der Waals surface area contributed by atoms with Crippen LogP contribution in [0.2, 0.25) is 0 Å². The summed E-state index contributed by atoms with van der Waals surface area (Å²) in [7, 11) is 0. The van der Waals surface area contributed by atoms with Gasteiger partial charge >= 0.3 is 5.69 Å². The van der Waals surface area contributed by atoms with Gasteiger partial charge in [-0.05, 0) is 45.9 Å². The number of rotatable bonds is 5. The van der Waals surface area contributed by atoms with Gasteiger partial charge in [-0.2, -0.15) is 9.78 Å². The lowest BCUT2D eigenvalue weighted by atomic mass is 10.3. The molecule has 3 heterocycles. The van der Waals surface area contributed by atoms with E-state index in [9.17, 15) is 9.59 Å². The van der Waals surface area contributed by atoms with Gasteiger partial charge in [-0.1, -0.05) is 12.1 Å².